The van der Waals surface area contributed by atoms with Crippen LogP contribution in [0.2, 0.25) is 39.3 Å². The molecule has 0 unspecified atom stereocenters. The normalized spacial score (nSPS) is 22.6. The van der Waals surface area contributed by atoms with Crippen LogP contribution < -0.4 is 0 Å². The Hall–Kier alpha value is -0.686. The van der Waals surface area contributed by atoms with Gasteiger partial charge < -0.3 is 13.6 Å². The van der Waals surface area contributed by atoms with Crippen molar-refractivity contribution in [1.29, 1.82) is 0 Å². The summed E-state index contributed by atoms with van der Waals surface area (Å²) in [5.74, 6) is 1.70. The molecule has 1 aliphatic rings. The molecule has 0 aromatic rings. The summed E-state index contributed by atoms with van der Waals surface area (Å²) in [6.07, 6.45) is 9.28. The van der Waals surface area contributed by atoms with Gasteiger partial charge in [-0.1, -0.05) is 12.8 Å². The van der Waals surface area contributed by atoms with Crippen LogP contribution >= 0.6 is 0 Å². The largest absolute Gasteiger partial charge is 0.544 e. The minimum Gasteiger partial charge on any atom is -0.544 e. The molecule has 0 fully saturated rings. The van der Waals surface area contributed by atoms with Gasteiger partial charge in [0.05, 0.1) is 12.7 Å². The van der Waals surface area contributed by atoms with Crippen LogP contribution in [0.5, 0.6) is 0 Å². The third kappa shape index (κ3) is 7.54. The second kappa shape index (κ2) is 8.25. The lowest BCUT2D eigenvalue weighted by Crippen LogP contribution is -2.28. The van der Waals surface area contributed by atoms with Crippen molar-refractivity contribution < 1.29 is 13.6 Å². The first-order valence-electron chi connectivity index (χ1n) is 8.48. The fourth-order valence-corrected chi connectivity index (χ4v) is 4.05. The average molecular weight is 343 g/mol. The van der Waals surface area contributed by atoms with E-state index in [2.05, 4.69) is 45.4 Å². The SMILES string of the molecule is CO/C(O[Si](C)(C)C)=C1CCCCCC\C=C/1O[Si](C)(C)C. The van der Waals surface area contributed by atoms with E-state index in [1.54, 1.807) is 7.11 Å². The molecule has 22 heavy (non-hydrogen) atoms. The molecule has 0 atom stereocenters. The molecule has 0 heterocycles. The van der Waals surface area contributed by atoms with Gasteiger partial charge in [0.1, 0.15) is 5.76 Å². The fraction of sp³-hybridized carbons (Fsp3) is 0.765. The van der Waals surface area contributed by atoms with E-state index >= 15 is 0 Å². The Bertz CT molecular complexity index is 415. The quantitative estimate of drug-likeness (QED) is 0.468. The summed E-state index contributed by atoms with van der Waals surface area (Å²) in [5, 5.41) is 0. The molecule has 0 aliphatic heterocycles. The summed E-state index contributed by atoms with van der Waals surface area (Å²) in [7, 11) is -1.66. The van der Waals surface area contributed by atoms with Crippen LogP contribution in [0.3, 0.4) is 0 Å². The van der Waals surface area contributed by atoms with E-state index in [1.807, 2.05) is 0 Å². The van der Waals surface area contributed by atoms with Crippen molar-refractivity contribution in [3.63, 3.8) is 0 Å². The van der Waals surface area contributed by atoms with E-state index in [0.717, 1.165) is 24.2 Å². The Morgan fingerprint density at radius 2 is 1.55 bits per heavy atom. The molecule has 0 bridgehead atoms. The van der Waals surface area contributed by atoms with Crippen molar-refractivity contribution in [3.8, 4) is 0 Å². The van der Waals surface area contributed by atoms with Gasteiger partial charge in [-0.2, -0.15) is 0 Å². The highest BCUT2D eigenvalue weighted by atomic mass is 28.4. The predicted molar refractivity (Wildman–Crippen MR) is 98.7 cm³/mol. The van der Waals surface area contributed by atoms with Gasteiger partial charge in [0, 0.05) is 0 Å². The third-order valence-electron chi connectivity index (χ3n) is 3.25. The monoisotopic (exact) mass is 342 g/mol. The maximum atomic E-state index is 6.38. The lowest BCUT2D eigenvalue weighted by Gasteiger charge is -2.27. The number of rotatable bonds is 5. The lowest BCUT2D eigenvalue weighted by atomic mass is 10.1. The van der Waals surface area contributed by atoms with Gasteiger partial charge in [-0.25, -0.2) is 0 Å². The molecular weight excluding hydrogens is 308 g/mol. The van der Waals surface area contributed by atoms with Gasteiger partial charge in [0.25, 0.3) is 5.95 Å². The first-order chi connectivity index (χ1) is 10.1. The van der Waals surface area contributed by atoms with Gasteiger partial charge in [0.15, 0.2) is 0 Å². The van der Waals surface area contributed by atoms with Crippen LogP contribution in [0.25, 0.3) is 0 Å². The highest BCUT2D eigenvalue weighted by molar-refractivity contribution is 6.70. The minimum absolute atomic E-state index is 0.686. The van der Waals surface area contributed by atoms with Crippen LogP contribution in [0.1, 0.15) is 38.5 Å². The van der Waals surface area contributed by atoms with Crippen molar-refractivity contribution in [2.24, 2.45) is 0 Å². The van der Waals surface area contributed by atoms with Crippen LogP contribution in [-0.2, 0) is 13.6 Å². The van der Waals surface area contributed by atoms with E-state index in [9.17, 15) is 0 Å². The molecule has 0 aromatic heterocycles. The Labute approximate surface area is 139 Å². The Morgan fingerprint density at radius 1 is 0.909 bits per heavy atom. The zero-order valence-electron chi connectivity index (χ0n) is 15.5. The summed E-state index contributed by atoms with van der Waals surface area (Å²) in [6.45, 7) is 13.2. The maximum Gasteiger partial charge on any atom is 0.272 e. The Morgan fingerprint density at radius 3 is 2.09 bits per heavy atom. The standard InChI is InChI=1S/C17H34O3Si2/c1-18-17(20-22(5,6)7)15-13-11-9-8-10-12-14-16(15)19-21(2,3)4/h14H,8-13H2,1-7H3/b16-14+,17-15+. The van der Waals surface area contributed by atoms with Crippen LogP contribution in [0, 0.1) is 0 Å². The van der Waals surface area contributed by atoms with Crippen molar-refractivity contribution in [1.82, 2.24) is 0 Å². The molecule has 0 amide bonds. The minimum atomic E-state index is -1.71. The fourth-order valence-electron chi connectivity index (χ4n) is 2.42. The van der Waals surface area contributed by atoms with Crippen LogP contribution in [-0.4, -0.2) is 23.7 Å². The van der Waals surface area contributed by atoms with E-state index in [0.29, 0.717) is 5.95 Å². The molecule has 0 N–H and O–H groups in total. The highest BCUT2D eigenvalue weighted by Crippen LogP contribution is 2.30. The Kier molecular flexibility index (Phi) is 7.26. The number of hydrogen-bond acceptors (Lipinski definition) is 3. The first-order valence-corrected chi connectivity index (χ1v) is 15.3. The maximum absolute atomic E-state index is 6.38. The predicted octanol–water partition coefficient (Wildman–Crippen LogP) is 5.79. The molecule has 0 radical (unpaired) electrons. The molecule has 0 saturated carbocycles. The molecule has 3 nitrogen and oxygen atoms in total. The van der Waals surface area contributed by atoms with Crippen molar-refractivity contribution >= 4 is 16.6 Å². The first kappa shape index (κ1) is 19.4. The summed E-state index contributed by atoms with van der Waals surface area (Å²) < 4.78 is 18.2. The summed E-state index contributed by atoms with van der Waals surface area (Å²) in [4.78, 5) is 0. The van der Waals surface area contributed by atoms with E-state index in [1.165, 1.54) is 25.7 Å². The third-order valence-corrected chi connectivity index (χ3v) is 4.88. The number of methoxy groups -OCH3 is 1. The van der Waals surface area contributed by atoms with Gasteiger partial charge in [-0.3, -0.25) is 0 Å². The topological polar surface area (TPSA) is 27.7 Å². The van der Waals surface area contributed by atoms with Crippen LogP contribution in [0.15, 0.2) is 23.4 Å². The second-order valence-corrected chi connectivity index (χ2v) is 16.8. The highest BCUT2D eigenvalue weighted by Gasteiger charge is 2.26. The molecular formula is C17H34O3Si2. The van der Waals surface area contributed by atoms with Crippen molar-refractivity contribution in [3.05, 3.63) is 23.4 Å². The molecule has 0 spiro atoms. The van der Waals surface area contributed by atoms with E-state index in [-0.39, 0.29) is 0 Å². The number of hydrogen-bond donors (Lipinski definition) is 0. The molecule has 128 valence electrons. The van der Waals surface area contributed by atoms with E-state index < -0.39 is 16.6 Å². The zero-order chi connectivity index (χ0) is 16.8. The smallest absolute Gasteiger partial charge is 0.272 e. The van der Waals surface area contributed by atoms with Gasteiger partial charge in [0.2, 0.25) is 16.6 Å². The average Bonchev–Trinajstić information content (AvgIpc) is 2.45. The summed E-state index contributed by atoms with van der Waals surface area (Å²) in [5.41, 5.74) is 1.13. The summed E-state index contributed by atoms with van der Waals surface area (Å²) >= 11 is 0. The van der Waals surface area contributed by atoms with Gasteiger partial charge in [-0.05, 0) is 71.0 Å². The van der Waals surface area contributed by atoms with E-state index in [4.69, 9.17) is 13.6 Å². The second-order valence-electron chi connectivity index (χ2n) is 7.92. The summed E-state index contributed by atoms with van der Waals surface area (Å²) in [6, 6.07) is 0. The molecule has 0 saturated heterocycles. The molecule has 5 heteroatoms. The molecule has 1 aliphatic carbocycles. The zero-order valence-corrected chi connectivity index (χ0v) is 17.5. The van der Waals surface area contributed by atoms with Gasteiger partial charge >= 0.3 is 0 Å². The lowest BCUT2D eigenvalue weighted by molar-refractivity contribution is 0.139. The van der Waals surface area contributed by atoms with Crippen molar-refractivity contribution in [2.45, 2.75) is 77.8 Å². The molecule has 0 aromatic carbocycles. The Balaban J connectivity index is 3.20. The molecule has 1 rings (SSSR count). The van der Waals surface area contributed by atoms with Crippen molar-refractivity contribution in [2.75, 3.05) is 7.11 Å². The van der Waals surface area contributed by atoms with Gasteiger partial charge in [-0.15, -0.1) is 0 Å². The number of allylic oxidation sites excluding steroid dienone is 2. The number of ether oxygens (including phenoxy) is 1. The van der Waals surface area contributed by atoms with Crippen LogP contribution in [0.4, 0.5) is 0 Å².